The number of alkyl halides is 3. The molecule has 10 heteroatoms. The molecule has 4 fully saturated rings. The second kappa shape index (κ2) is 13.0. The van der Waals surface area contributed by atoms with Crippen molar-refractivity contribution in [1.82, 2.24) is 0 Å². The number of quaternary nitrogens is 1. The first-order chi connectivity index (χ1) is 19.0. The molecule has 1 aliphatic carbocycles. The molecule has 3 saturated heterocycles. The number of carboxylic acids is 1. The zero-order chi connectivity index (χ0) is 28.8. The third-order valence-corrected chi connectivity index (χ3v) is 9.82. The predicted octanol–water partition coefficient (Wildman–Crippen LogP) is 4.60. The van der Waals surface area contributed by atoms with Gasteiger partial charge in [0, 0.05) is 36.0 Å². The third-order valence-electron chi connectivity index (χ3n) is 8.89. The van der Waals surface area contributed by atoms with Gasteiger partial charge in [-0.05, 0) is 36.3 Å². The van der Waals surface area contributed by atoms with Gasteiger partial charge in [0.2, 0.25) is 0 Å². The summed E-state index contributed by atoms with van der Waals surface area (Å²) < 4.78 is 38.9. The Bertz CT molecular complexity index is 1100. The summed E-state index contributed by atoms with van der Waals surface area (Å²) in [5, 5.41) is 22.9. The van der Waals surface area contributed by atoms with Crippen LogP contribution in [0.25, 0.3) is 0 Å². The van der Waals surface area contributed by atoms with E-state index in [1.807, 2.05) is 41.7 Å². The Morgan fingerprint density at radius 1 is 1.00 bits per heavy atom. The molecule has 6 rings (SSSR count). The maximum absolute atomic E-state index is 13.7. The van der Waals surface area contributed by atoms with Crippen molar-refractivity contribution in [3.63, 3.8) is 0 Å². The van der Waals surface area contributed by atoms with Gasteiger partial charge in [0.25, 0.3) is 0 Å². The number of ether oxygens (including phenoxy) is 1. The number of thiophene rings is 1. The standard InChI is InChI=1S/C28H38NO3S.C2HF3O2/c30-27(28(31,23-9-3-1-4-10-23)24-11-5-2-6-12-24)32-26-21-29(18-15-22(26)16-19-29)17-7-13-25-14-8-20-33-25;3-2(4,5)1(6)7/h1,3-4,8-10,14,20,22,24,26,31H,2,5-7,11-13,15-19,21H2;(H,6,7)/q+1;/p-1/t22?,26-,28-,29?;/m0./s1. The van der Waals surface area contributed by atoms with Gasteiger partial charge in [0.15, 0.2) is 11.7 Å². The Labute approximate surface area is 237 Å². The molecule has 1 aromatic carbocycles. The Balaban J connectivity index is 0.000000470. The summed E-state index contributed by atoms with van der Waals surface area (Å²) in [7, 11) is 0. The van der Waals surface area contributed by atoms with E-state index in [0.717, 1.165) is 62.5 Å². The highest BCUT2D eigenvalue weighted by atomic mass is 32.1. The fraction of sp³-hybridized carbons (Fsp3) is 0.600. The van der Waals surface area contributed by atoms with Crippen LogP contribution in [0.2, 0.25) is 0 Å². The fourth-order valence-corrected chi connectivity index (χ4v) is 7.42. The molecule has 40 heavy (non-hydrogen) atoms. The molecule has 1 N–H and O–H groups in total. The predicted molar refractivity (Wildman–Crippen MR) is 143 cm³/mol. The van der Waals surface area contributed by atoms with E-state index in [0.29, 0.717) is 11.5 Å². The number of halogens is 3. The van der Waals surface area contributed by atoms with Crippen LogP contribution < -0.4 is 5.11 Å². The number of piperidine rings is 3. The minimum absolute atomic E-state index is 0.0591. The molecule has 3 aliphatic heterocycles. The van der Waals surface area contributed by atoms with Crippen LogP contribution in [-0.4, -0.2) is 60.0 Å². The van der Waals surface area contributed by atoms with Gasteiger partial charge in [-0.15, -0.1) is 11.3 Å². The van der Waals surface area contributed by atoms with Gasteiger partial charge in [0.1, 0.15) is 12.5 Å². The first kappa shape index (κ1) is 30.5. The van der Waals surface area contributed by atoms with Crippen LogP contribution >= 0.6 is 11.3 Å². The Hall–Kier alpha value is -2.43. The van der Waals surface area contributed by atoms with Crippen molar-refractivity contribution in [2.24, 2.45) is 11.8 Å². The van der Waals surface area contributed by atoms with Crippen LogP contribution in [0, 0.1) is 11.8 Å². The number of fused-ring (bicyclic) bond motifs is 3. The normalized spacial score (nSPS) is 26.3. The summed E-state index contributed by atoms with van der Waals surface area (Å²) in [6.07, 6.45) is 4.42. The lowest BCUT2D eigenvalue weighted by Crippen LogP contribution is -2.65. The summed E-state index contributed by atoms with van der Waals surface area (Å²) in [6.45, 7) is 4.48. The van der Waals surface area contributed by atoms with Crippen LogP contribution in [0.15, 0.2) is 47.8 Å². The van der Waals surface area contributed by atoms with E-state index < -0.39 is 23.7 Å². The Kier molecular flexibility index (Phi) is 9.95. The monoisotopic (exact) mass is 581 g/mol. The second-order valence-electron chi connectivity index (χ2n) is 11.4. The van der Waals surface area contributed by atoms with Crippen molar-refractivity contribution in [1.29, 1.82) is 0 Å². The quantitative estimate of drug-likeness (QED) is 0.364. The van der Waals surface area contributed by atoms with Gasteiger partial charge in [-0.2, -0.15) is 13.2 Å². The molecule has 1 aromatic heterocycles. The maximum atomic E-state index is 13.7. The highest BCUT2D eigenvalue weighted by molar-refractivity contribution is 7.09. The number of aryl methyl sites for hydroxylation is 1. The average Bonchev–Trinajstić information content (AvgIpc) is 3.47. The van der Waals surface area contributed by atoms with E-state index >= 15 is 0 Å². The lowest BCUT2D eigenvalue weighted by molar-refractivity contribution is -0.946. The summed E-state index contributed by atoms with van der Waals surface area (Å²) in [5.41, 5.74) is -0.833. The number of carbonyl (C=O) groups excluding carboxylic acids is 2. The van der Waals surface area contributed by atoms with Crippen LogP contribution in [0.3, 0.4) is 0 Å². The van der Waals surface area contributed by atoms with Crippen LogP contribution in [0.1, 0.15) is 61.8 Å². The van der Waals surface area contributed by atoms with E-state index in [2.05, 4.69) is 17.5 Å². The van der Waals surface area contributed by atoms with Crippen molar-refractivity contribution in [3.05, 3.63) is 58.3 Å². The van der Waals surface area contributed by atoms with E-state index in [1.165, 1.54) is 30.8 Å². The van der Waals surface area contributed by atoms with E-state index in [-0.39, 0.29) is 12.0 Å². The number of nitrogens with zero attached hydrogens (tertiary/aromatic N) is 1. The molecule has 1 saturated carbocycles. The number of benzene rings is 1. The molecular weight excluding hydrogens is 543 g/mol. The second-order valence-corrected chi connectivity index (χ2v) is 12.4. The molecular formula is C30H38F3NO5S. The lowest BCUT2D eigenvalue weighted by atomic mass is 9.73. The summed E-state index contributed by atoms with van der Waals surface area (Å²) in [6, 6.07) is 13.9. The van der Waals surface area contributed by atoms with E-state index in [1.54, 1.807) is 0 Å². The number of hydrogen-bond donors (Lipinski definition) is 1. The highest BCUT2D eigenvalue weighted by Crippen LogP contribution is 2.42. The van der Waals surface area contributed by atoms with Crippen LogP contribution in [0.4, 0.5) is 13.2 Å². The topological polar surface area (TPSA) is 86.7 Å². The number of aliphatic carboxylic acids is 1. The van der Waals surface area contributed by atoms with Gasteiger partial charge in [-0.3, -0.25) is 0 Å². The summed E-state index contributed by atoms with van der Waals surface area (Å²) >= 11 is 1.84. The molecule has 4 aliphatic rings. The van der Waals surface area contributed by atoms with Crippen LogP contribution in [-0.2, 0) is 26.3 Å². The number of rotatable bonds is 8. The first-order valence-corrected chi connectivity index (χ1v) is 15.1. The Morgan fingerprint density at radius 3 is 2.23 bits per heavy atom. The van der Waals surface area contributed by atoms with Gasteiger partial charge in [-0.1, -0.05) is 55.7 Å². The van der Waals surface area contributed by atoms with Gasteiger partial charge in [0.05, 0.1) is 19.6 Å². The van der Waals surface area contributed by atoms with Crippen molar-refractivity contribution in [2.45, 2.75) is 75.7 Å². The number of aliphatic hydroxyl groups is 1. The number of carbonyl (C=O) groups is 2. The average molecular weight is 582 g/mol. The SMILES string of the molecule is O=C(O[C@H]1C[N+]2(CCCc3cccs3)CCC1CC2)[C@](O)(c1ccccc1)C1CCCCC1.O=C([O-])C(F)(F)F. The molecule has 0 spiro atoms. The number of carboxylic acid groups (broad SMARTS) is 1. The molecule has 220 valence electrons. The molecule has 0 radical (unpaired) electrons. The lowest BCUT2D eigenvalue weighted by Gasteiger charge is -2.52. The fourth-order valence-electron chi connectivity index (χ4n) is 6.67. The summed E-state index contributed by atoms with van der Waals surface area (Å²) in [4.78, 5) is 24.0. The van der Waals surface area contributed by atoms with Crippen LogP contribution in [0.5, 0.6) is 0 Å². The minimum Gasteiger partial charge on any atom is -0.542 e. The molecule has 2 aromatic rings. The highest BCUT2D eigenvalue weighted by Gasteiger charge is 2.52. The van der Waals surface area contributed by atoms with Crippen molar-refractivity contribution < 1.29 is 42.2 Å². The molecule has 2 atom stereocenters. The largest absolute Gasteiger partial charge is 0.542 e. The van der Waals surface area contributed by atoms with Gasteiger partial charge in [-0.25, -0.2) is 4.79 Å². The molecule has 0 amide bonds. The molecule has 4 heterocycles. The van der Waals surface area contributed by atoms with Crippen molar-refractivity contribution >= 4 is 23.3 Å². The smallest absolute Gasteiger partial charge is 0.430 e. The number of esters is 1. The molecule has 6 nitrogen and oxygen atoms in total. The van der Waals surface area contributed by atoms with Crippen molar-refractivity contribution in [2.75, 3.05) is 26.2 Å². The Morgan fingerprint density at radius 2 is 1.65 bits per heavy atom. The van der Waals surface area contributed by atoms with Gasteiger partial charge >= 0.3 is 12.1 Å². The first-order valence-electron chi connectivity index (χ1n) is 14.2. The number of hydrogen-bond acceptors (Lipinski definition) is 6. The zero-order valence-corrected chi connectivity index (χ0v) is 23.4. The zero-order valence-electron chi connectivity index (χ0n) is 22.6. The van der Waals surface area contributed by atoms with E-state index in [4.69, 9.17) is 14.6 Å². The van der Waals surface area contributed by atoms with Crippen molar-refractivity contribution in [3.8, 4) is 0 Å². The minimum atomic E-state index is -5.19. The molecule has 2 bridgehead atoms. The van der Waals surface area contributed by atoms with Gasteiger partial charge < -0.3 is 24.2 Å². The molecule has 0 unspecified atom stereocenters. The van der Waals surface area contributed by atoms with E-state index in [9.17, 15) is 23.1 Å². The third kappa shape index (κ3) is 7.25. The summed E-state index contributed by atoms with van der Waals surface area (Å²) in [5.74, 6) is -3.03. The maximum Gasteiger partial charge on any atom is 0.430 e.